The number of hydrogen-bond acceptors (Lipinski definition) is 7. The Morgan fingerprint density at radius 1 is 1.10 bits per heavy atom. The largest absolute Gasteiger partial charge is 0.494 e. The molecule has 0 unspecified atom stereocenters. The van der Waals surface area contributed by atoms with Gasteiger partial charge in [0.15, 0.2) is 12.1 Å². The summed E-state index contributed by atoms with van der Waals surface area (Å²) in [5.74, 6) is 0.0692. The summed E-state index contributed by atoms with van der Waals surface area (Å²) in [6.07, 6.45) is 1.32. The average molecular weight is 411 g/mol. The molecule has 2 heterocycles. The summed E-state index contributed by atoms with van der Waals surface area (Å²) < 4.78 is 29.2. The Hall–Kier alpha value is -1.22. The number of aliphatic hydroxyl groups excluding tert-OH is 2. The Kier molecular flexibility index (Phi) is 7.90. The predicted octanol–water partition coefficient (Wildman–Crippen LogP) is 2.76. The average Bonchev–Trinajstić information content (AvgIpc) is 3.18. The molecule has 0 radical (unpaired) electrons. The fourth-order valence-electron chi connectivity index (χ4n) is 3.70. The van der Waals surface area contributed by atoms with Gasteiger partial charge in [-0.2, -0.15) is 0 Å². The number of rotatable bonds is 11. The second-order valence-corrected chi connectivity index (χ2v) is 8.15. The fourth-order valence-corrected chi connectivity index (χ4v) is 3.70. The van der Waals surface area contributed by atoms with Gasteiger partial charge in [-0.25, -0.2) is 0 Å². The Labute approximate surface area is 172 Å². The Bertz CT molecular complexity index is 618. The lowest BCUT2D eigenvalue weighted by molar-refractivity contribution is -0.232. The van der Waals surface area contributed by atoms with Gasteiger partial charge in [-0.15, -0.1) is 0 Å². The summed E-state index contributed by atoms with van der Waals surface area (Å²) >= 11 is 0. The van der Waals surface area contributed by atoms with Gasteiger partial charge >= 0.3 is 0 Å². The highest BCUT2D eigenvalue weighted by Crippen LogP contribution is 2.39. The van der Waals surface area contributed by atoms with E-state index < -0.39 is 43.1 Å². The summed E-state index contributed by atoms with van der Waals surface area (Å²) in [4.78, 5) is 0. The summed E-state index contributed by atoms with van der Waals surface area (Å²) in [5, 5.41) is 19.4. The number of hydrogen-bond donors (Lipinski definition) is 2. The molecule has 29 heavy (non-hydrogen) atoms. The Balaban J connectivity index is 1.53. The van der Waals surface area contributed by atoms with Gasteiger partial charge in [0.25, 0.3) is 0 Å². The van der Waals surface area contributed by atoms with Gasteiger partial charge in [0.2, 0.25) is 0 Å². The van der Waals surface area contributed by atoms with Crippen LogP contribution in [0.3, 0.4) is 0 Å². The van der Waals surface area contributed by atoms with E-state index in [1.165, 1.54) is 19.3 Å². The van der Waals surface area contributed by atoms with Gasteiger partial charge in [0.1, 0.15) is 30.2 Å². The first-order valence-corrected chi connectivity index (χ1v) is 10.6. The third kappa shape index (κ3) is 5.90. The van der Waals surface area contributed by atoms with E-state index in [9.17, 15) is 10.2 Å². The van der Waals surface area contributed by atoms with Gasteiger partial charge in [-0.3, -0.25) is 0 Å². The molecular weight excluding hydrogens is 376 g/mol. The van der Waals surface area contributed by atoms with Gasteiger partial charge in [-0.1, -0.05) is 38.3 Å². The van der Waals surface area contributed by atoms with Crippen LogP contribution in [0.2, 0.25) is 0 Å². The first-order valence-electron chi connectivity index (χ1n) is 10.6. The summed E-state index contributed by atoms with van der Waals surface area (Å²) in [5.41, 5.74) is 0.974. The fraction of sp³-hybridized carbons (Fsp3) is 0.727. The van der Waals surface area contributed by atoms with Crippen LogP contribution in [0.4, 0.5) is 0 Å². The minimum absolute atomic E-state index is 0.326. The predicted molar refractivity (Wildman–Crippen MR) is 106 cm³/mol. The molecule has 0 spiro atoms. The van der Waals surface area contributed by atoms with Crippen LogP contribution in [-0.4, -0.2) is 59.9 Å². The third-order valence-corrected chi connectivity index (χ3v) is 5.23. The standard InChI is InChI=1S/C22H34O7/c1-4-5-6-7-12-25-16-10-8-15(9-11-16)14-26-19-18(17(24)13-23)27-21-20(19)28-22(2,3)29-21/h8-11,17-21,23-24H,4-7,12-14H2,1-3H3/t17-,18+,19-,20-,21+/m1/s1. The molecular formula is C22H34O7. The van der Waals surface area contributed by atoms with Crippen LogP contribution in [0.25, 0.3) is 0 Å². The van der Waals surface area contributed by atoms with Gasteiger partial charge < -0.3 is 33.9 Å². The lowest BCUT2D eigenvalue weighted by atomic mass is 10.1. The van der Waals surface area contributed by atoms with Crippen molar-refractivity contribution in [3.8, 4) is 5.75 Å². The van der Waals surface area contributed by atoms with Crippen LogP contribution in [0.15, 0.2) is 24.3 Å². The van der Waals surface area contributed by atoms with Crippen molar-refractivity contribution in [3.05, 3.63) is 29.8 Å². The molecule has 2 aliphatic heterocycles. The van der Waals surface area contributed by atoms with E-state index >= 15 is 0 Å². The minimum atomic E-state index is -1.07. The maximum absolute atomic E-state index is 10.1. The summed E-state index contributed by atoms with van der Waals surface area (Å²) in [7, 11) is 0. The zero-order valence-electron chi connectivity index (χ0n) is 17.6. The van der Waals surface area contributed by atoms with E-state index in [1.54, 1.807) is 0 Å². The lowest BCUT2D eigenvalue weighted by Gasteiger charge is -2.28. The van der Waals surface area contributed by atoms with Crippen molar-refractivity contribution in [2.75, 3.05) is 13.2 Å². The van der Waals surface area contributed by atoms with E-state index in [0.29, 0.717) is 6.61 Å². The van der Waals surface area contributed by atoms with E-state index in [2.05, 4.69) is 6.92 Å². The van der Waals surface area contributed by atoms with Crippen molar-refractivity contribution in [1.82, 2.24) is 0 Å². The molecule has 0 amide bonds. The normalized spacial score (nSPS) is 29.0. The molecule has 0 saturated carbocycles. The second-order valence-electron chi connectivity index (χ2n) is 8.15. The van der Waals surface area contributed by atoms with Crippen molar-refractivity contribution in [2.24, 2.45) is 0 Å². The van der Waals surface area contributed by atoms with Crippen molar-refractivity contribution in [1.29, 1.82) is 0 Å². The first-order chi connectivity index (χ1) is 13.9. The van der Waals surface area contributed by atoms with Gasteiger partial charge in [0, 0.05) is 0 Å². The topological polar surface area (TPSA) is 86.6 Å². The number of fused-ring (bicyclic) bond motifs is 1. The van der Waals surface area contributed by atoms with Crippen molar-refractivity contribution < 1.29 is 33.9 Å². The zero-order valence-corrected chi connectivity index (χ0v) is 17.6. The van der Waals surface area contributed by atoms with E-state index in [0.717, 1.165) is 24.3 Å². The zero-order chi connectivity index (χ0) is 20.9. The number of unbranched alkanes of at least 4 members (excludes halogenated alkanes) is 3. The summed E-state index contributed by atoms with van der Waals surface area (Å²) in [6, 6.07) is 7.79. The molecule has 7 heteroatoms. The third-order valence-electron chi connectivity index (χ3n) is 5.23. The molecule has 2 aliphatic rings. The van der Waals surface area contributed by atoms with E-state index in [4.69, 9.17) is 23.7 Å². The second kappa shape index (κ2) is 10.2. The highest BCUT2D eigenvalue weighted by molar-refractivity contribution is 5.26. The molecule has 2 N–H and O–H groups in total. The molecule has 0 aliphatic carbocycles. The molecule has 0 aromatic heterocycles. The van der Waals surface area contributed by atoms with E-state index in [-0.39, 0.29) is 0 Å². The molecule has 5 atom stereocenters. The number of aliphatic hydroxyl groups is 2. The van der Waals surface area contributed by atoms with E-state index in [1.807, 2.05) is 38.1 Å². The lowest BCUT2D eigenvalue weighted by Crippen LogP contribution is -2.44. The quantitative estimate of drug-likeness (QED) is 0.543. The van der Waals surface area contributed by atoms with Crippen LogP contribution in [0.1, 0.15) is 52.0 Å². The van der Waals surface area contributed by atoms with Crippen LogP contribution in [0, 0.1) is 0 Å². The molecule has 1 aromatic carbocycles. The van der Waals surface area contributed by atoms with Crippen LogP contribution < -0.4 is 4.74 Å². The monoisotopic (exact) mass is 410 g/mol. The molecule has 1 aromatic rings. The molecule has 0 bridgehead atoms. The highest BCUT2D eigenvalue weighted by Gasteiger charge is 2.56. The maximum atomic E-state index is 10.1. The van der Waals surface area contributed by atoms with Crippen molar-refractivity contribution >= 4 is 0 Å². The highest BCUT2D eigenvalue weighted by atomic mass is 16.8. The molecule has 3 rings (SSSR count). The van der Waals surface area contributed by atoms with Gasteiger partial charge in [0.05, 0.1) is 19.8 Å². The maximum Gasteiger partial charge on any atom is 0.190 e. The first kappa shape index (κ1) is 22.5. The molecule has 2 saturated heterocycles. The summed E-state index contributed by atoms with van der Waals surface area (Å²) in [6.45, 7) is 6.45. The molecule has 2 fully saturated rings. The minimum Gasteiger partial charge on any atom is -0.494 e. The van der Waals surface area contributed by atoms with Crippen LogP contribution in [-0.2, 0) is 25.6 Å². The molecule has 164 valence electrons. The Morgan fingerprint density at radius 3 is 2.55 bits per heavy atom. The van der Waals surface area contributed by atoms with Crippen LogP contribution in [0.5, 0.6) is 5.75 Å². The SMILES string of the molecule is CCCCCCOc1ccc(CO[C@@H]2[C@H]([C@H](O)CO)O[C@H]3OC(C)(C)O[C@@H]32)cc1. The van der Waals surface area contributed by atoms with Crippen molar-refractivity contribution in [3.63, 3.8) is 0 Å². The Morgan fingerprint density at radius 2 is 1.86 bits per heavy atom. The van der Waals surface area contributed by atoms with Crippen molar-refractivity contribution in [2.45, 2.75) is 89.6 Å². The number of ether oxygens (including phenoxy) is 5. The molecule has 7 nitrogen and oxygen atoms in total. The smallest absolute Gasteiger partial charge is 0.190 e. The number of benzene rings is 1. The van der Waals surface area contributed by atoms with Gasteiger partial charge in [-0.05, 0) is 38.0 Å². The van der Waals surface area contributed by atoms with Crippen LogP contribution >= 0.6 is 0 Å².